The van der Waals surface area contributed by atoms with Gasteiger partial charge in [-0.3, -0.25) is 9.78 Å². The first-order valence-electron chi connectivity index (χ1n) is 8.14. The lowest BCUT2D eigenvalue weighted by Crippen LogP contribution is -2.39. The van der Waals surface area contributed by atoms with E-state index in [1.807, 2.05) is 29.2 Å². The number of carboxylic acids is 1. The highest BCUT2D eigenvalue weighted by Gasteiger charge is 2.29. The Hall–Kier alpha value is -2.63. The molecular formula is C18H20N2O4. The van der Waals surface area contributed by atoms with Crippen LogP contribution in [-0.4, -0.2) is 41.7 Å². The van der Waals surface area contributed by atoms with Gasteiger partial charge in [-0.2, -0.15) is 0 Å². The van der Waals surface area contributed by atoms with Crippen LogP contribution in [0.3, 0.4) is 0 Å². The van der Waals surface area contributed by atoms with Crippen molar-refractivity contribution in [2.45, 2.75) is 19.8 Å². The summed E-state index contributed by atoms with van der Waals surface area (Å²) in [6, 6.07) is 7.57. The zero-order valence-corrected chi connectivity index (χ0v) is 13.6. The maximum absolute atomic E-state index is 12.4. The number of pyridine rings is 1. The zero-order chi connectivity index (χ0) is 17.1. The van der Waals surface area contributed by atoms with E-state index < -0.39 is 17.9 Å². The molecule has 1 aromatic heterocycles. The van der Waals surface area contributed by atoms with Gasteiger partial charge >= 0.3 is 11.9 Å². The Bertz CT molecular complexity index is 775. The molecule has 1 atom stereocenters. The molecule has 0 radical (unpaired) electrons. The van der Waals surface area contributed by atoms with Crippen LogP contribution in [0.5, 0.6) is 0 Å². The molecule has 2 aromatic rings. The normalized spacial score (nSPS) is 17.7. The van der Waals surface area contributed by atoms with Crippen LogP contribution in [-0.2, 0) is 9.53 Å². The van der Waals surface area contributed by atoms with Gasteiger partial charge in [0.2, 0.25) is 0 Å². The fourth-order valence-electron chi connectivity index (χ4n) is 3.21. The predicted octanol–water partition coefficient (Wildman–Crippen LogP) is 2.71. The van der Waals surface area contributed by atoms with E-state index in [4.69, 9.17) is 4.74 Å². The third-order valence-corrected chi connectivity index (χ3v) is 4.33. The maximum atomic E-state index is 12.4. The number of hydrogen-bond acceptors (Lipinski definition) is 5. The average molecular weight is 328 g/mol. The number of nitrogens with zero attached hydrogens (tertiary/aromatic N) is 2. The Kier molecular flexibility index (Phi) is 4.64. The smallest absolute Gasteiger partial charge is 0.341 e. The lowest BCUT2D eigenvalue weighted by atomic mass is 9.96. The Morgan fingerprint density at radius 1 is 1.38 bits per heavy atom. The lowest BCUT2D eigenvalue weighted by molar-refractivity contribution is -0.141. The van der Waals surface area contributed by atoms with Crippen molar-refractivity contribution in [3.8, 4) is 0 Å². The van der Waals surface area contributed by atoms with Crippen LogP contribution in [0.4, 0.5) is 5.69 Å². The number of carboxylic acid groups (broad SMARTS) is 1. The number of esters is 1. The first-order chi connectivity index (χ1) is 11.6. The first-order valence-corrected chi connectivity index (χ1v) is 8.14. The summed E-state index contributed by atoms with van der Waals surface area (Å²) in [7, 11) is 0. The summed E-state index contributed by atoms with van der Waals surface area (Å²) >= 11 is 0. The van der Waals surface area contributed by atoms with E-state index in [-0.39, 0.29) is 6.61 Å². The van der Waals surface area contributed by atoms with Crippen molar-refractivity contribution >= 4 is 28.5 Å². The molecule has 6 nitrogen and oxygen atoms in total. The second kappa shape index (κ2) is 6.86. The quantitative estimate of drug-likeness (QED) is 0.869. The largest absolute Gasteiger partial charge is 0.481 e. The van der Waals surface area contributed by atoms with Gasteiger partial charge in [0.1, 0.15) is 5.56 Å². The average Bonchev–Trinajstić information content (AvgIpc) is 2.61. The molecule has 1 aliphatic rings. The molecule has 3 rings (SSSR count). The number of ether oxygens (including phenoxy) is 1. The Balaban J connectivity index is 2.10. The number of fused-ring (bicyclic) bond motifs is 1. The molecule has 1 aliphatic heterocycles. The van der Waals surface area contributed by atoms with Gasteiger partial charge in [0.05, 0.1) is 23.7 Å². The third kappa shape index (κ3) is 3.04. The maximum Gasteiger partial charge on any atom is 0.341 e. The predicted molar refractivity (Wildman–Crippen MR) is 90.3 cm³/mol. The number of piperidine rings is 1. The molecule has 2 heterocycles. The molecule has 0 bridgehead atoms. The Morgan fingerprint density at radius 3 is 2.92 bits per heavy atom. The fraction of sp³-hybridized carbons (Fsp3) is 0.389. The topological polar surface area (TPSA) is 79.7 Å². The van der Waals surface area contributed by atoms with E-state index in [9.17, 15) is 14.7 Å². The molecule has 24 heavy (non-hydrogen) atoms. The van der Waals surface area contributed by atoms with Crippen molar-refractivity contribution in [3.63, 3.8) is 0 Å². The number of hydrogen-bond donors (Lipinski definition) is 1. The number of aliphatic carboxylic acids is 1. The van der Waals surface area contributed by atoms with Crippen LogP contribution in [0, 0.1) is 5.92 Å². The molecule has 0 spiro atoms. The second-order valence-electron chi connectivity index (χ2n) is 5.88. The zero-order valence-electron chi connectivity index (χ0n) is 13.6. The number of benzene rings is 1. The van der Waals surface area contributed by atoms with Crippen molar-refractivity contribution in [1.29, 1.82) is 0 Å². The van der Waals surface area contributed by atoms with E-state index in [0.717, 1.165) is 23.0 Å². The van der Waals surface area contributed by atoms with Crippen LogP contribution in [0.25, 0.3) is 10.9 Å². The van der Waals surface area contributed by atoms with Gasteiger partial charge in [0, 0.05) is 24.7 Å². The number of anilines is 1. The van der Waals surface area contributed by atoms with Gasteiger partial charge in [-0.15, -0.1) is 0 Å². The highest BCUT2D eigenvalue weighted by Crippen LogP contribution is 2.33. The molecule has 126 valence electrons. The molecule has 0 aliphatic carbocycles. The summed E-state index contributed by atoms with van der Waals surface area (Å²) < 4.78 is 5.16. The molecular weight excluding hydrogens is 308 g/mol. The summed E-state index contributed by atoms with van der Waals surface area (Å²) in [6.45, 7) is 3.14. The molecule has 1 N–H and O–H groups in total. The van der Waals surface area contributed by atoms with Crippen LogP contribution in [0.2, 0.25) is 0 Å². The van der Waals surface area contributed by atoms with Gasteiger partial charge in [-0.05, 0) is 25.8 Å². The minimum Gasteiger partial charge on any atom is -0.481 e. The minimum absolute atomic E-state index is 0.281. The number of carbonyl (C=O) groups excluding carboxylic acids is 1. The van der Waals surface area contributed by atoms with Gasteiger partial charge in [-0.1, -0.05) is 18.2 Å². The van der Waals surface area contributed by atoms with Crippen LogP contribution >= 0.6 is 0 Å². The van der Waals surface area contributed by atoms with Crippen molar-refractivity contribution in [1.82, 2.24) is 4.98 Å². The third-order valence-electron chi connectivity index (χ3n) is 4.33. The van der Waals surface area contributed by atoms with Crippen molar-refractivity contribution in [2.75, 3.05) is 24.6 Å². The van der Waals surface area contributed by atoms with Crippen LogP contribution in [0.15, 0.2) is 30.5 Å². The van der Waals surface area contributed by atoms with Crippen molar-refractivity contribution < 1.29 is 19.4 Å². The molecule has 1 fully saturated rings. The van der Waals surface area contributed by atoms with Crippen LogP contribution < -0.4 is 4.90 Å². The molecule has 6 heteroatoms. The minimum atomic E-state index is -0.796. The highest BCUT2D eigenvalue weighted by molar-refractivity contribution is 6.05. The van der Waals surface area contributed by atoms with E-state index in [2.05, 4.69) is 4.98 Å². The van der Waals surface area contributed by atoms with E-state index in [1.54, 1.807) is 6.92 Å². The molecule has 0 amide bonds. The van der Waals surface area contributed by atoms with Crippen molar-refractivity contribution in [3.05, 3.63) is 36.0 Å². The Morgan fingerprint density at radius 2 is 2.17 bits per heavy atom. The molecule has 1 unspecified atom stereocenters. The first kappa shape index (κ1) is 16.2. The fourth-order valence-corrected chi connectivity index (χ4v) is 3.21. The van der Waals surface area contributed by atoms with E-state index >= 15 is 0 Å². The monoisotopic (exact) mass is 328 g/mol. The lowest BCUT2D eigenvalue weighted by Gasteiger charge is -2.34. The number of para-hydroxylation sites is 1. The number of rotatable bonds is 4. The molecule has 1 saturated heterocycles. The molecule has 0 saturated carbocycles. The summed E-state index contributed by atoms with van der Waals surface area (Å²) in [5.41, 5.74) is 1.89. The van der Waals surface area contributed by atoms with E-state index in [1.165, 1.54) is 6.20 Å². The second-order valence-corrected chi connectivity index (χ2v) is 5.88. The summed E-state index contributed by atoms with van der Waals surface area (Å²) in [6.07, 6.45) is 2.96. The van der Waals surface area contributed by atoms with Gasteiger partial charge in [-0.25, -0.2) is 4.79 Å². The van der Waals surface area contributed by atoms with Crippen LogP contribution in [0.1, 0.15) is 30.1 Å². The Labute approximate surface area is 140 Å². The summed E-state index contributed by atoms with van der Waals surface area (Å²) in [5, 5.41) is 10.2. The van der Waals surface area contributed by atoms with E-state index in [0.29, 0.717) is 25.1 Å². The standard InChI is InChI=1S/C18H20N2O4/c1-2-24-18(23)14-10-19-15-8-4-3-7-13(15)16(14)20-9-5-6-12(11-20)17(21)22/h3-4,7-8,10,12H,2,5-6,9,11H2,1H3,(H,21,22). The van der Waals surface area contributed by atoms with Gasteiger partial charge < -0.3 is 14.7 Å². The SMILES string of the molecule is CCOC(=O)c1cnc2ccccc2c1N1CCCC(C(=O)O)C1. The molecule has 1 aromatic carbocycles. The number of carbonyl (C=O) groups is 2. The van der Waals surface area contributed by atoms with Gasteiger partial charge in [0.25, 0.3) is 0 Å². The number of aromatic nitrogens is 1. The highest BCUT2D eigenvalue weighted by atomic mass is 16.5. The summed E-state index contributed by atoms with van der Waals surface area (Å²) in [4.78, 5) is 30.1. The summed E-state index contributed by atoms with van der Waals surface area (Å²) in [5.74, 6) is -1.65. The van der Waals surface area contributed by atoms with Gasteiger partial charge in [0.15, 0.2) is 0 Å². The van der Waals surface area contributed by atoms with Crippen molar-refractivity contribution in [2.24, 2.45) is 5.92 Å².